The second-order valence-electron chi connectivity index (χ2n) is 4.99. The number of aromatic nitrogens is 1. The highest BCUT2D eigenvalue weighted by Gasteiger charge is 2.15. The van der Waals surface area contributed by atoms with Gasteiger partial charge in [-0.25, -0.2) is 0 Å². The number of H-pyrrole nitrogens is 1. The number of halogens is 1. The second kappa shape index (κ2) is 4.80. The summed E-state index contributed by atoms with van der Waals surface area (Å²) < 4.78 is 0. The Morgan fingerprint density at radius 1 is 1.10 bits per heavy atom. The van der Waals surface area contributed by atoms with E-state index in [1.807, 2.05) is 44.2 Å². The van der Waals surface area contributed by atoms with Gasteiger partial charge in [-0.15, -0.1) is 0 Å². The van der Waals surface area contributed by atoms with Crippen LogP contribution in [-0.4, -0.2) is 11.3 Å². The van der Waals surface area contributed by atoms with Crippen molar-refractivity contribution in [3.05, 3.63) is 58.1 Å². The van der Waals surface area contributed by atoms with E-state index in [1.165, 1.54) is 0 Å². The van der Waals surface area contributed by atoms with Crippen molar-refractivity contribution in [3.63, 3.8) is 0 Å². The Hall–Kier alpha value is -2.06. The Bertz CT molecular complexity index is 817. The van der Waals surface area contributed by atoms with Crippen LogP contribution in [0.3, 0.4) is 0 Å². The van der Waals surface area contributed by atoms with E-state index in [9.17, 15) is 4.79 Å². The van der Waals surface area contributed by atoms with Crippen molar-refractivity contribution >= 4 is 28.8 Å². The van der Waals surface area contributed by atoms with Crippen molar-refractivity contribution in [1.29, 1.82) is 0 Å². The number of fused-ring (bicyclic) bond motifs is 1. The van der Waals surface area contributed by atoms with E-state index in [0.717, 1.165) is 39.6 Å². The number of hydrogen-bond acceptors (Lipinski definition) is 1. The second-order valence-corrected chi connectivity index (χ2v) is 5.43. The molecule has 0 radical (unpaired) electrons. The molecule has 20 heavy (non-hydrogen) atoms. The van der Waals surface area contributed by atoms with Gasteiger partial charge >= 0.3 is 0 Å². The van der Waals surface area contributed by atoms with Gasteiger partial charge in [0.25, 0.3) is 0 Å². The molecule has 0 atom stereocenters. The molecule has 0 aliphatic heterocycles. The molecule has 0 bridgehead atoms. The van der Waals surface area contributed by atoms with E-state index >= 15 is 0 Å². The monoisotopic (exact) mass is 283 g/mol. The standard InChI is InChI=1S/C17H14ClNO/c1-10-6-7-11(2)16-15(10)14(9-20)17(19-16)12-4-3-5-13(18)8-12/h3-9,19H,1-2H3. The Kier molecular flexibility index (Phi) is 3.11. The van der Waals surface area contributed by atoms with Crippen LogP contribution in [0.1, 0.15) is 21.5 Å². The predicted octanol–water partition coefficient (Wildman–Crippen LogP) is 4.92. The molecule has 1 aromatic heterocycles. The summed E-state index contributed by atoms with van der Waals surface area (Å²) in [6, 6.07) is 11.6. The number of hydrogen-bond donors (Lipinski definition) is 1. The highest BCUT2D eigenvalue weighted by Crippen LogP contribution is 2.33. The highest BCUT2D eigenvalue weighted by molar-refractivity contribution is 6.30. The van der Waals surface area contributed by atoms with E-state index in [-0.39, 0.29) is 0 Å². The van der Waals surface area contributed by atoms with Gasteiger partial charge in [0.15, 0.2) is 6.29 Å². The van der Waals surface area contributed by atoms with Crippen LogP contribution in [-0.2, 0) is 0 Å². The molecule has 0 aliphatic rings. The van der Waals surface area contributed by atoms with Crippen molar-refractivity contribution in [1.82, 2.24) is 4.98 Å². The predicted molar refractivity (Wildman–Crippen MR) is 83.6 cm³/mol. The number of nitrogens with one attached hydrogen (secondary N) is 1. The van der Waals surface area contributed by atoms with Crippen molar-refractivity contribution in [2.24, 2.45) is 0 Å². The molecule has 0 unspecified atom stereocenters. The molecule has 0 amide bonds. The molecule has 100 valence electrons. The first kappa shape index (κ1) is 12.9. The quantitative estimate of drug-likeness (QED) is 0.666. The lowest BCUT2D eigenvalue weighted by Gasteiger charge is -2.01. The molecule has 0 fully saturated rings. The summed E-state index contributed by atoms with van der Waals surface area (Å²) in [4.78, 5) is 14.9. The fourth-order valence-electron chi connectivity index (χ4n) is 2.63. The Morgan fingerprint density at radius 2 is 1.85 bits per heavy atom. The number of aldehydes is 1. The van der Waals surface area contributed by atoms with Gasteiger partial charge in [-0.3, -0.25) is 4.79 Å². The molecular weight excluding hydrogens is 270 g/mol. The third kappa shape index (κ3) is 1.93. The number of carbonyl (C=O) groups is 1. The molecule has 3 rings (SSSR count). The van der Waals surface area contributed by atoms with E-state index in [1.54, 1.807) is 0 Å². The van der Waals surface area contributed by atoms with Crippen LogP contribution in [0.2, 0.25) is 5.02 Å². The normalized spacial score (nSPS) is 10.9. The molecule has 0 spiro atoms. The van der Waals surface area contributed by atoms with Gasteiger partial charge in [-0.05, 0) is 37.1 Å². The van der Waals surface area contributed by atoms with Crippen molar-refractivity contribution in [3.8, 4) is 11.3 Å². The van der Waals surface area contributed by atoms with E-state index < -0.39 is 0 Å². The zero-order valence-electron chi connectivity index (χ0n) is 11.3. The van der Waals surface area contributed by atoms with Crippen LogP contribution < -0.4 is 0 Å². The first-order chi connectivity index (χ1) is 9.61. The first-order valence-corrected chi connectivity index (χ1v) is 6.82. The zero-order chi connectivity index (χ0) is 14.3. The summed E-state index contributed by atoms with van der Waals surface area (Å²) in [5, 5.41) is 1.65. The minimum atomic E-state index is 0.659. The number of aryl methyl sites for hydroxylation is 2. The molecule has 0 saturated carbocycles. The molecule has 0 aliphatic carbocycles. The smallest absolute Gasteiger partial charge is 0.152 e. The third-order valence-corrected chi connectivity index (χ3v) is 3.88. The first-order valence-electron chi connectivity index (χ1n) is 6.45. The van der Waals surface area contributed by atoms with Crippen molar-refractivity contribution < 1.29 is 4.79 Å². The Morgan fingerprint density at radius 3 is 2.55 bits per heavy atom. The number of rotatable bonds is 2. The number of aromatic amines is 1. The summed E-state index contributed by atoms with van der Waals surface area (Å²) in [6.45, 7) is 4.05. The minimum absolute atomic E-state index is 0.659. The summed E-state index contributed by atoms with van der Waals surface area (Å²) >= 11 is 6.05. The van der Waals surface area contributed by atoms with Gasteiger partial charge in [0.05, 0.1) is 5.69 Å². The van der Waals surface area contributed by atoms with Gasteiger partial charge in [-0.2, -0.15) is 0 Å². The van der Waals surface area contributed by atoms with Gasteiger partial charge in [0.1, 0.15) is 0 Å². The lowest BCUT2D eigenvalue weighted by molar-refractivity contribution is 0.112. The maximum absolute atomic E-state index is 11.6. The molecule has 1 heterocycles. The van der Waals surface area contributed by atoms with Crippen molar-refractivity contribution in [2.75, 3.05) is 0 Å². The van der Waals surface area contributed by atoms with Crippen LogP contribution in [0.5, 0.6) is 0 Å². The SMILES string of the molecule is Cc1ccc(C)c2c(C=O)c(-c3cccc(Cl)c3)[nH]c12. The maximum atomic E-state index is 11.6. The summed E-state index contributed by atoms with van der Waals surface area (Å²) in [5.41, 5.74) is 5.69. The average Bonchev–Trinajstić information content (AvgIpc) is 2.83. The van der Waals surface area contributed by atoms with Crippen LogP contribution in [0, 0.1) is 13.8 Å². The zero-order valence-corrected chi connectivity index (χ0v) is 12.1. The molecule has 0 saturated heterocycles. The molecular formula is C17H14ClNO. The fourth-order valence-corrected chi connectivity index (χ4v) is 2.82. The van der Waals surface area contributed by atoms with E-state index in [0.29, 0.717) is 10.6 Å². The average molecular weight is 284 g/mol. The topological polar surface area (TPSA) is 32.9 Å². The lowest BCUT2D eigenvalue weighted by atomic mass is 10.0. The summed E-state index contributed by atoms with van der Waals surface area (Å²) in [7, 11) is 0. The highest BCUT2D eigenvalue weighted by atomic mass is 35.5. The lowest BCUT2D eigenvalue weighted by Crippen LogP contribution is -1.85. The Labute approximate surface area is 122 Å². The van der Waals surface area contributed by atoms with Crippen LogP contribution in [0.25, 0.3) is 22.2 Å². The largest absolute Gasteiger partial charge is 0.354 e. The van der Waals surface area contributed by atoms with E-state index in [2.05, 4.69) is 11.1 Å². The van der Waals surface area contributed by atoms with Crippen LogP contribution >= 0.6 is 11.6 Å². The van der Waals surface area contributed by atoms with E-state index in [4.69, 9.17) is 11.6 Å². The molecule has 1 N–H and O–H groups in total. The van der Waals surface area contributed by atoms with Crippen LogP contribution in [0.4, 0.5) is 0 Å². The molecule has 3 heteroatoms. The van der Waals surface area contributed by atoms with Gasteiger partial charge in [0.2, 0.25) is 0 Å². The number of benzene rings is 2. The van der Waals surface area contributed by atoms with Gasteiger partial charge < -0.3 is 4.98 Å². The molecule has 3 aromatic rings. The number of carbonyl (C=O) groups excluding carboxylic acids is 1. The minimum Gasteiger partial charge on any atom is -0.354 e. The Balaban J connectivity index is 2.40. The fraction of sp³-hybridized carbons (Fsp3) is 0.118. The summed E-state index contributed by atoms with van der Waals surface area (Å²) in [6.07, 6.45) is 0.918. The van der Waals surface area contributed by atoms with Gasteiger partial charge in [-0.1, -0.05) is 35.9 Å². The van der Waals surface area contributed by atoms with Gasteiger partial charge in [0, 0.05) is 27.1 Å². The summed E-state index contributed by atoms with van der Waals surface area (Å²) in [5.74, 6) is 0. The van der Waals surface area contributed by atoms with Crippen LogP contribution in [0.15, 0.2) is 36.4 Å². The molecule has 2 aromatic carbocycles. The maximum Gasteiger partial charge on any atom is 0.152 e. The van der Waals surface area contributed by atoms with Crippen molar-refractivity contribution in [2.45, 2.75) is 13.8 Å². The molecule has 2 nitrogen and oxygen atoms in total. The third-order valence-electron chi connectivity index (χ3n) is 3.64.